The number of rotatable bonds is 6. The van der Waals surface area contributed by atoms with Gasteiger partial charge in [-0.2, -0.15) is 0 Å². The third kappa shape index (κ3) is 4.00. The minimum absolute atomic E-state index is 0.253. The monoisotopic (exact) mass is 374 g/mol. The van der Waals surface area contributed by atoms with Crippen LogP contribution in [0.3, 0.4) is 0 Å². The first-order valence-electron chi connectivity index (χ1n) is 8.29. The molecule has 0 fully saturated rings. The van der Waals surface area contributed by atoms with Gasteiger partial charge in [-0.05, 0) is 30.3 Å². The zero-order chi connectivity index (χ0) is 18.7. The van der Waals surface area contributed by atoms with Crippen molar-refractivity contribution >= 4 is 32.6 Å². The molecule has 3 aromatic rings. The Balaban J connectivity index is 1.98. The molecule has 0 aliphatic rings. The van der Waals surface area contributed by atoms with Gasteiger partial charge in [-0.1, -0.05) is 17.4 Å². The highest BCUT2D eigenvalue weighted by atomic mass is 32.1. The van der Waals surface area contributed by atoms with E-state index in [9.17, 15) is 9.18 Å². The summed E-state index contributed by atoms with van der Waals surface area (Å²) in [5.74, 6) is 0.0370. The van der Waals surface area contributed by atoms with Crippen LogP contribution in [0.4, 0.5) is 9.52 Å². The highest BCUT2D eigenvalue weighted by Crippen LogP contribution is 2.31. The largest absolute Gasteiger partial charge is 0.497 e. The maximum Gasteiger partial charge on any atom is 0.260 e. The van der Waals surface area contributed by atoms with Crippen LogP contribution in [-0.4, -0.2) is 45.2 Å². The molecule has 0 saturated carbocycles. The number of methoxy groups -OCH3 is 1. The van der Waals surface area contributed by atoms with Gasteiger partial charge in [0, 0.05) is 11.6 Å². The van der Waals surface area contributed by atoms with Gasteiger partial charge < -0.3 is 9.64 Å². The summed E-state index contributed by atoms with van der Waals surface area (Å²) in [4.78, 5) is 20.4. The highest BCUT2D eigenvalue weighted by Gasteiger charge is 2.22. The zero-order valence-electron chi connectivity index (χ0n) is 15.0. The Morgan fingerprint density at radius 1 is 1.27 bits per heavy atom. The number of fused-ring (bicyclic) bond motifs is 1. The second-order valence-corrected chi connectivity index (χ2v) is 7.26. The molecule has 1 heterocycles. The Labute approximate surface area is 155 Å². The maximum absolute atomic E-state index is 13.6. The number of carbonyl (C=O) groups is 1. The van der Waals surface area contributed by atoms with Crippen molar-refractivity contribution in [2.45, 2.75) is 0 Å². The summed E-state index contributed by atoms with van der Waals surface area (Å²) in [5.41, 5.74) is 1.09. The first-order chi connectivity index (χ1) is 12.5. The van der Waals surface area contributed by atoms with Crippen molar-refractivity contribution in [2.75, 3.05) is 39.2 Å². The molecule has 2 aromatic carbocycles. The van der Waals surface area contributed by atoms with Gasteiger partial charge in [-0.15, -0.1) is 0 Å². The van der Waals surface area contributed by atoms with Gasteiger partial charge in [0.05, 0.1) is 44.5 Å². The predicted molar refractivity (Wildman–Crippen MR) is 102 cm³/mol. The van der Waals surface area contributed by atoms with E-state index in [0.717, 1.165) is 22.5 Å². The number of aromatic nitrogens is 1. The summed E-state index contributed by atoms with van der Waals surface area (Å²) in [6.07, 6.45) is 0. The molecule has 1 N–H and O–H groups in total. The number of ether oxygens (including phenoxy) is 1. The Bertz CT molecular complexity index is 926. The Hall–Kier alpha value is -2.51. The molecule has 0 aliphatic carbocycles. The van der Waals surface area contributed by atoms with Crippen molar-refractivity contribution < 1.29 is 18.8 Å². The smallest absolute Gasteiger partial charge is 0.260 e. The van der Waals surface area contributed by atoms with E-state index >= 15 is 0 Å². The van der Waals surface area contributed by atoms with Crippen molar-refractivity contribution in [1.29, 1.82) is 0 Å². The van der Waals surface area contributed by atoms with Gasteiger partial charge in [-0.3, -0.25) is 9.69 Å². The molecule has 0 saturated heterocycles. The minimum Gasteiger partial charge on any atom is -0.497 e. The number of thiazole rings is 1. The van der Waals surface area contributed by atoms with E-state index in [1.807, 2.05) is 32.3 Å². The summed E-state index contributed by atoms with van der Waals surface area (Å²) in [5, 5.41) is 0.601. The number of hydrogen-bond acceptors (Lipinski definition) is 4. The van der Waals surface area contributed by atoms with E-state index in [-0.39, 0.29) is 5.91 Å². The van der Waals surface area contributed by atoms with Crippen molar-refractivity contribution in [2.24, 2.45) is 0 Å². The molecule has 0 radical (unpaired) electrons. The number of nitrogens with one attached hydrogen (secondary N) is 1. The summed E-state index contributed by atoms with van der Waals surface area (Å²) in [6, 6.07) is 11.4. The number of likely N-dealkylation sites (N-methyl/N-ethyl adjacent to an activating group) is 1. The van der Waals surface area contributed by atoms with Crippen molar-refractivity contribution in [3.05, 3.63) is 53.8 Å². The molecule has 26 heavy (non-hydrogen) atoms. The summed E-state index contributed by atoms with van der Waals surface area (Å²) >= 11 is 1.44. The van der Waals surface area contributed by atoms with Crippen LogP contribution in [0.5, 0.6) is 5.75 Å². The van der Waals surface area contributed by atoms with Crippen LogP contribution in [-0.2, 0) is 0 Å². The van der Waals surface area contributed by atoms with E-state index in [1.54, 1.807) is 24.1 Å². The fourth-order valence-electron chi connectivity index (χ4n) is 2.53. The lowest BCUT2D eigenvalue weighted by Gasteiger charge is -2.20. The maximum atomic E-state index is 13.6. The fourth-order valence-corrected chi connectivity index (χ4v) is 3.50. The van der Waals surface area contributed by atoms with Crippen LogP contribution in [0.1, 0.15) is 10.4 Å². The lowest BCUT2D eigenvalue weighted by atomic mass is 10.2. The molecular weight excluding hydrogens is 353 g/mol. The number of hydrogen-bond donors (Lipinski definition) is 1. The first kappa shape index (κ1) is 18.3. The average molecular weight is 374 g/mol. The van der Waals surface area contributed by atoms with Gasteiger partial charge in [0.15, 0.2) is 5.13 Å². The first-order valence-corrected chi connectivity index (χ1v) is 9.10. The van der Waals surface area contributed by atoms with Gasteiger partial charge in [-0.25, -0.2) is 9.37 Å². The van der Waals surface area contributed by atoms with Crippen molar-refractivity contribution in [3.63, 3.8) is 0 Å². The molecule has 5 nitrogen and oxygen atoms in total. The molecule has 0 aliphatic heterocycles. The average Bonchev–Trinajstić information content (AvgIpc) is 3.04. The van der Waals surface area contributed by atoms with E-state index in [4.69, 9.17) is 4.74 Å². The van der Waals surface area contributed by atoms with Crippen LogP contribution < -0.4 is 14.5 Å². The van der Waals surface area contributed by atoms with Gasteiger partial charge in [0.25, 0.3) is 5.91 Å². The number of benzene rings is 2. The standard InChI is InChI=1S/C19H20FN3O2S/c1-22(2)9-10-23(18(24)13-5-4-6-14(20)11-13)19-21-16-12-15(25-3)7-8-17(16)26-19/h4-8,11-12H,9-10H2,1-3H3/p+1. The van der Waals surface area contributed by atoms with E-state index in [1.165, 1.54) is 28.4 Å². The van der Waals surface area contributed by atoms with Crippen molar-refractivity contribution in [3.8, 4) is 5.75 Å². The number of nitrogens with zero attached hydrogens (tertiary/aromatic N) is 2. The van der Waals surface area contributed by atoms with E-state index in [0.29, 0.717) is 17.2 Å². The van der Waals surface area contributed by atoms with Crippen LogP contribution in [0.2, 0.25) is 0 Å². The summed E-state index contributed by atoms with van der Waals surface area (Å²) < 4.78 is 19.8. The SMILES string of the molecule is COc1ccc2sc(N(CC[NH+](C)C)C(=O)c3cccc(F)c3)nc2c1. The molecule has 0 atom stereocenters. The van der Waals surface area contributed by atoms with Gasteiger partial charge in [0.1, 0.15) is 11.6 Å². The molecule has 1 aromatic heterocycles. The molecular formula is C19H21FN3O2S+. The third-order valence-corrected chi connectivity index (χ3v) is 5.03. The number of amides is 1. The van der Waals surface area contributed by atoms with E-state index in [2.05, 4.69) is 4.98 Å². The van der Waals surface area contributed by atoms with Crippen LogP contribution >= 0.6 is 11.3 Å². The molecule has 0 unspecified atom stereocenters. The lowest BCUT2D eigenvalue weighted by molar-refractivity contribution is -0.856. The highest BCUT2D eigenvalue weighted by molar-refractivity contribution is 7.22. The predicted octanol–water partition coefficient (Wildman–Crippen LogP) is 2.24. The Morgan fingerprint density at radius 2 is 2.08 bits per heavy atom. The second-order valence-electron chi connectivity index (χ2n) is 6.25. The molecule has 3 rings (SSSR count). The fraction of sp³-hybridized carbons (Fsp3) is 0.263. The zero-order valence-corrected chi connectivity index (χ0v) is 15.8. The van der Waals surface area contributed by atoms with Crippen molar-refractivity contribution in [1.82, 2.24) is 4.98 Å². The molecule has 1 amide bonds. The molecule has 0 spiro atoms. The lowest BCUT2D eigenvalue weighted by Crippen LogP contribution is -3.06. The number of halogens is 1. The number of quaternary nitrogens is 1. The second kappa shape index (κ2) is 7.80. The topological polar surface area (TPSA) is 46.9 Å². The number of anilines is 1. The quantitative estimate of drug-likeness (QED) is 0.720. The molecule has 136 valence electrons. The van der Waals surface area contributed by atoms with Crippen LogP contribution in [0.15, 0.2) is 42.5 Å². The van der Waals surface area contributed by atoms with E-state index < -0.39 is 5.82 Å². The summed E-state index contributed by atoms with van der Waals surface area (Å²) in [6.45, 7) is 1.24. The molecule has 7 heteroatoms. The third-order valence-electron chi connectivity index (χ3n) is 3.97. The number of carbonyl (C=O) groups excluding carboxylic acids is 1. The Kier molecular flexibility index (Phi) is 5.49. The Morgan fingerprint density at radius 3 is 2.77 bits per heavy atom. The van der Waals surface area contributed by atoms with Crippen LogP contribution in [0.25, 0.3) is 10.2 Å². The molecule has 0 bridgehead atoms. The normalized spacial score (nSPS) is 11.1. The van der Waals surface area contributed by atoms with Gasteiger partial charge >= 0.3 is 0 Å². The minimum atomic E-state index is -0.428. The van der Waals surface area contributed by atoms with Crippen LogP contribution in [0, 0.1) is 5.82 Å². The van der Waals surface area contributed by atoms with Gasteiger partial charge in [0.2, 0.25) is 0 Å². The summed E-state index contributed by atoms with van der Waals surface area (Å²) in [7, 11) is 5.65.